The van der Waals surface area contributed by atoms with E-state index in [2.05, 4.69) is 4.90 Å². The first-order chi connectivity index (χ1) is 7.61. The number of aliphatic hydroxyl groups excluding tert-OH is 1. The maximum absolute atomic E-state index is 9.25. The lowest BCUT2D eigenvalue weighted by atomic mass is 10.2. The Morgan fingerprint density at radius 3 is 2.44 bits per heavy atom. The topological polar surface area (TPSA) is 51.2 Å². The van der Waals surface area contributed by atoms with Crippen molar-refractivity contribution >= 4 is 0 Å². The molecule has 0 aliphatic carbocycles. The summed E-state index contributed by atoms with van der Waals surface area (Å²) in [6.45, 7) is 8.00. The lowest BCUT2D eigenvalue weighted by molar-refractivity contribution is -0.150. The number of hydrogen-bond acceptors (Lipinski definition) is 5. The largest absolute Gasteiger partial charge is 0.394 e. The minimum Gasteiger partial charge on any atom is -0.394 e. The fourth-order valence-corrected chi connectivity index (χ4v) is 2.26. The fourth-order valence-electron chi connectivity index (χ4n) is 2.26. The smallest absolute Gasteiger partial charge is 0.163 e. The van der Waals surface area contributed by atoms with Crippen molar-refractivity contribution in [1.82, 2.24) is 4.90 Å². The standard InChI is InChI=1S/C11H21NO4/c1-11(2)15-9(10(8-13)16-11)7-12-3-5-14-6-4-12/h9-10,13H,3-8H2,1-2H3/t9-,10-/m0/s1. The molecule has 94 valence electrons. The van der Waals surface area contributed by atoms with Crippen LogP contribution in [0.25, 0.3) is 0 Å². The normalized spacial score (nSPS) is 35.4. The van der Waals surface area contributed by atoms with Crippen molar-refractivity contribution in [2.24, 2.45) is 0 Å². The molecule has 2 saturated heterocycles. The zero-order valence-electron chi connectivity index (χ0n) is 10.0. The van der Waals surface area contributed by atoms with Gasteiger partial charge in [-0.05, 0) is 13.8 Å². The zero-order valence-corrected chi connectivity index (χ0v) is 10.0. The van der Waals surface area contributed by atoms with Gasteiger partial charge < -0.3 is 19.3 Å². The van der Waals surface area contributed by atoms with Gasteiger partial charge in [-0.1, -0.05) is 0 Å². The highest BCUT2D eigenvalue weighted by Crippen LogP contribution is 2.28. The minimum atomic E-state index is -0.579. The second kappa shape index (κ2) is 4.98. The molecule has 0 amide bonds. The summed E-state index contributed by atoms with van der Waals surface area (Å²) in [5.74, 6) is -0.579. The molecule has 2 atom stereocenters. The number of morpholine rings is 1. The van der Waals surface area contributed by atoms with Crippen LogP contribution in [-0.4, -0.2) is 67.5 Å². The molecule has 0 aromatic heterocycles. The third kappa shape index (κ3) is 2.93. The molecule has 2 fully saturated rings. The molecule has 0 saturated carbocycles. The van der Waals surface area contributed by atoms with Crippen molar-refractivity contribution in [3.05, 3.63) is 0 Å². The molecule has 5 nitrogen and oxygen atoms in total. The Labute approximate surface area is 96.3 Å². The van der Waals surface area contributed by atoms with Crippen LogP contribution < -0.4 is 0 Å². The van der Waals surface area contributed by atoms with Crippen molar-refractivity contribution in [1.29, 1.82) is 0 Å². The van der Waals surface area contributed by atoms with Crippen molar-refractivity contribution in [2.45, 2.75) is 31.8 Å². The Balaban J connectivity index is 1.87. The second-order valence-corrected chi connectivity index (χ2v) is 4.81. The fraction of sp³-hybridized carbons (Fsp3) is 1.00. The first-order valence-corrected chi connectivity index (χ1v) is 5.87. The van der Waals surface area contributed by atoms with Crippen molar-refractivity contribution in [3.63, 3.8) is 0 Å². The quantitative estimate of drug-likeness (QED) is 0.731. The van der Waals surface area contributed by atoms with E-state index in [1.807, 2.05) is 13.8 Å². The summed E-state index contributed by atoms with van der Waals surface area (Å²) < 4.78 is 16.7. The van der Waals surface area contributed by atoms with E-state index in [0.29, 0.717) is 0 Å². The number of ether oxygens (including phenoxy) is 3. The molecule has 2 heterocycles. The van der Waals surface area contributed by atoms with Crippen LogP contribution in [-0.2, 0) is 14.2 Å². The maximum Gasteiger partial charge on any atom is 0.163 e. The van der Waals surface area contributed by atoms with Gasteiger partial charge in [-0.25, -0.2) is 0 Å². The van der Waals surface area contributed by atoms with E-state index in [9.17, 15) is 5.11 Å². The van der Waals surface area contributed by atoms with Gasteiger partial charge in [0.1, 0.15) is 12.2 Å². The third-order valence-electron chi connectivity index (χ3n) is 3.01. The minimum absolute atomic E-state index is 0.0123. The van der Waals surface area contributed by atoms with Gasteiger partial charge in [0.15, 0.2) is 5.79 Å². The van der Waals surface area contributed by atoms with Crippen LogP contribution in [0.5, 0.6) is 0 Å². The molecule has 2 aliphatic rings. The van der Waals surface area contributed by atoms with Crippen molar-refractivity contribution in [3.8, 4) is 0 Å². The van der Waals surface area contributed by atoms with Crippen molar-refractivity contribution in [2.75, 3.05) is 39.5 Å². The van der Waals surface area contributed by atoms with E-state index < -0.39 is 5.79 Å². The number of hydrogen-bond donors (Lipinski definition) is 1. The summed E-state index contributed by atoms with van der Waals surface area (Å²) in [7, 11) is 0. The molecule has 0 aromatic rings. The molecular weight excluding hydrogens is 210 g/mol. The Morgan fingerprint density at radius 1 is 1.19 bits per heavy atom. The Bertz CT molecular complexity index is 228. The van der Waals surface area contributed by atoms with Crippen LogP contribution in [0.3, 0.4) is 0 Å². The highest BCUT2D eigenvalue weighted by molar-refractivity contribution is 4.83. The van der Waals surface area contributed by atoms with Crippen LogP contribution in [0.1, 0.15) is 13.8 Å². The first kappa shape index (κ1) is 12.3. The van der Waals surface area contributed by atoms with Gasteiger partial charge in [-0.2, -0.15) is 0 Å². The van der Waals surface area contributed by atoms with Crippen LogP contribution in [0, 0.1) is 0 Å². The predicted octanol–water partition coefficient (Wildman–Crippen LogP) is -0.169. The van der Waals surface area contributed by atoms with Gasteiger partial charge in [-0.15, -0.1) is 0 Å². The molecule has 0 bridgehead atoms. The molecule has 0 aromatic carbocycles. The number of aliphatic hydroxyl groups is 1. The summed E-state index contributed by atoms with van der Waals surface area (Å²) in [4.78, 5) is 2.29. The van der Waals surface area contributed by atoms with Crippen LogP contribution in [0.4, 0.5) is 0 Å². The first-order valence-electron chi connectivity index (χ1n) is 5.87. The lowest BCUT2D eigenvalue weighted by Gasteiger charge is -2.29. The highest BCUT2D eigenvalue weighted by Gasteiger charge is 2.41. The molecular formula is C11H21NO4. The highest BCUT2D eigenvalue weighted by atomic mass is 16.8. The molecule has 16 heavy (non-hydrogen) atoms. The SMILES string of the molecule is CC1(C)O[C@@H](CO)[C@H](CN2CCOCC2)O1. The summed E-state index contributed by atoms with van der Waals surface area (Å²) in [6.07, 6.45) is -0.254. The maximum atomic E-state index is 9.25. The predicted molar refractivity (Wildman–Crippen MR) is 58.2 cm³/mol. The van der Waals surface area contributed by atoms with E-state index in [4.69, 9.17) is 14.2 Å². The van der Waals surface area contributed by atoms with Gasteiger partial charge in [-0.3, -0.25) is 4.90 Å². The summed E-state index contributed by atoms with van der Waals surface area (Å²) in [6, 6.07) is 0. The van der Waals surface area contributed by atoms with Gasteiger partial charge in [0.05, 0.1) is 19.8 Å². The van der Waals surface area contributed by atoms with Gasteiger partial charge >= 0.3 is 0 Å². The molecule has 0 radical (unpaired) electrons. The van der Waals surface area contributed by atoms with E-state index >= 15 is 0 Å². The number of rotatable bonds is 3. The Hall–Kier alpha value is -0.200. The van der Waals surface area contributed by atoms with Crippen LogP contribution in [0.2, 0.25) is 0 Å². The Morgan fingerprint density at radius 2 is 1.81 bits per heavy atom. The monoisotopic (exact) mass is 231 g/mol. The van der Waals surface area contributed by atoms with Gasteiger partial charge in [0.2, 0.25) is 0 Å². The summed E-state index contributed by atoms with van der Waals surface area (Å²) >= 11 is 0. The lowest BCUT2D eigenvalue weighted by Crippen LogP contribution is -2.44. The van der Waals surface area contributed by atoms with E-state index in [1.54, 1.807) is 0 Å². The second-order valence-electron chi connectivity index (χ2n) is 4.81. The van der Waals surface area contributed by atoms with E-state index in [-0.39, 0.29) is 18.8 Å². The number of nitrogens with zero attached hydrogens (tertiary/aromatic N) is 1. The third-order valence-corrected chi connectivity index (χ3v) is 3.01. The van der Waals surface area contributed by atoms with Gasteiger partial charge in [0.25, 0.3) is 0 Å². The summed E-state index contributed by atoms with van der Waals surface area (Å²) in [5.41, 5.74) is 0. The Kier molecular flexibility index (Phi) is 3.81. The van der Waals surface area contributed by atoms with Crippen molar-refractivity contribution < 1.29 is 19.3 Å². The van der Waals surface area contributed by atoms with Gasteiger partial charge in [0, 0.05) is 19.6 Å². The molecule has 2 aliphatic heterocycles. The van der Waals surface area contributed by atoms with Crippen LogP contribution in [0.15, 0.2) is 0 Å². The molecule has 0 spiro atoms. The van der Waals surface area contributed by atoms with E-state index in [1.165, 1.54) is 0 Å². The molecule has 0 unspecified atom stereocenters. The molecule has 5 heteroatoms. The average Bonchev–Trinajstić information content (AvgIpc) is 2.54. The molecule has 2 rings (SSSR count). The molecule has 1 N–H and O–H groups in total. The average molecular weight is 231 g/mol. The van der Waals surface area contributed by atoms with E-state index in [0.717, 1.165) is 32.8 Å². The zero-order chi connectivity index (χ0) is 11.6. The van der Waals surface area contributed by atoms with Crippen LogP contribution >= 0.6 is 0 Å². The summed E-state index contributed by atoms with van der Waals surface area (Å²) in [5, 5.41) is 9.25.